The van der Waals surface area contributed by atoms with E-state index in [1.54, 1.807) is 0 Å². The van der Waals surface area contributed by atoms with E-state index in [4.69, 9.17) is 0 Å². The van der Waals surface area contributed by atoms with E-state index in [0.29, 0.717) is 5.75 Å². The third kappa shape index (κ3) is 3.56. The van der Waals surface area contributed by atoms with Crippen LogP contribution in [0.25, 0.3) is 11.0 Å². The number of carbonyl (C=O) groups is 1. The Kier molecular flexibility index (Phi) is 4.67. The summed E-state index contributed by atoms with van der Waals surface area (Å²) in [6, 6.07) is 17.9. The van der Waals surface area contributed by atoms with Gasteiger partial charge in [0.25, 0.3) is 0 Å². The van der Waals surface area contributed by atoms with E-state index in [1.165, 1.54) is 11.8 Å². The lowest BCUT2D eigenvalue weighted by molar-refractivity contribution is -0.119. The average Bonchev–Trinajstić information content (AvgIpc) is 2.90. The Balaban J connectivity index is 1.61. The van der Waals surface area contributed by atoms with E-state index in [0.717, 1.165) is 21.8 Å². The summed E-state index contributed by atoms with van der Waals surface area (Å²) in [6.07, 6.45) is 0. The molecule has 2 aromatic carbocycles. The molecule has 0 spiro atoms. The number of aryl methyl sites for hydroxylation is 1. The van der Waals surface area contributed by atoms with Gasteiger partial charge in [-0.15, -0.1) is 0 Å². The summed E-state index contributed by atoms with van der Waals surface area (Å²) in [5, 5.41) is 3.88. The van der Waals surface area contributed by atoms with Crippen molar-refractivity contribution in [2.75, 3.05) is 5.75 Å². The molecule has 0 radical (unpaired) electrons. The minimum absolute atomic E-state index is 0.00439. The highest BCUT2D eigenvalue weighted by molar-refractivity contribution is 7.99. The summed E-state index contributed by atoms with van der Waals surface area (Å²) in [5.74, 6) is 0.368. The molecular weight excluding hydrogens is 306 g/mol. The lowest BCUT2D eigenvalue weighted by atomic mass is 10.1. The number of nitrogens with one attached hydrogen (secondary N) is 1. The van der Waals surface area contributed by atoms with Crippen molar-refractivity contribution in [3.05, 3.63) is 60.2 Å². The van der Waals surface area contributed by atoms with Crippen molar-refractivity contribution in [2.24, 2.45) is 7.05 Å². The molecule has 1 aromatic heterocycles. The number of fused-ring (bicyclic) bond motifs is 1. The zero-order valence-corrected chi connectivity index (χ0v) is 14.0. The first-order chi connectivity index (χ1) is 11.1. The maximum atomic E-state index is 12.2. The fourth-order valence-corrected chi connectivity index (χ4v) is 3.29. The largest absolute Gasteiger partial charge is 0.349 e. The van der Waals surface area contributed by atoms with E-state index in [2.05, 4.69) is 10.3 Å². The zero-order valence-electron chi connectivity index (χ0n) is 13.2. The van der Waals surface area contributed by atoms with E-state index in [9.17, 15) is 4.79 Å². The third-order valence-electron chi connectivity index (χ3n) is 3.76. The second-order valence-corrected chi connectivity index (χ2v) is 6.37. The van der Waals surface area contributed by atoms with Crippen LogP contribution < -0.4 is 5.32 Å². The van der Waals surface area contributed by atoms with Gasteiger partial charge in [0.05, 0.1) is 22.8 Å². The van der Waals surface area contributed by atoms with Crippen molar-refractivity contribution in [1.82, 2.24) is 14.9 Å². The van der Waals surface area contributed by atoms with Crippen molar-refractivity contribution in [2.45, 2.75) is 18.1 Å². The molecule has 5 heteroatoms. The molecule has 4 nitrogen and oxygen atoms in total. The van der Waals surface area contributed by atoms with Crippen LogP contribution in [0.3, 0.4) is 0 Å². The van der Waals surface area contributed by atoms with Gasteiger partial charge in [0.15, 0.2) is 5.16 Å². The number of aromatic nitrogens is 2. The van der Waals surface area contributed by atoms with Gasteiger partial charge in [0.1, 0.15) is 0 Å². The van der Waals surface area contributed by atoms with Crippen molar-refractivity contribution < 1.29 is 4.79 Å². The van der Waals surface area contributed by atoms with Crippen LogP contribution in [-0.2, 0) is 11.8 Å². The lowest BCUT2D eigenvalue weighted by Crippen LogP contribution is -2.28. The molecule has 0 aliphatic rings. The molecule has 1 heterocycles. The Labute approximate surface area is 139 Å². The number of carbonyl (C=O) groups excluding carboxylic acids is 1. The number of para-hydroxylation sites is 2. The van der Waals surface area contributed by atoms with Crippen LogP contribution in [0.2, 0.25) is 0 Å². The number of rotatable bonds is 5. The van der Waals surface area contributed by atoms with Gasteiger partial charge in [-0.3, -0.25) is 4.79 Å². The van der Waals surface area contributed by atoms with E-state index in [-0.39, 0.29) is 11.9 Å². The van der Waals surface area contributed by atoms with Gasteiger partial charge in [-0.25, -0.2) is 4.98 Å². The van der Waals surface area contributed by atoms with Gasteiger partial charge in [0.2, 0.25) is 5.91 Å². The standard InChI is InChI=1S/C18H19N3OS/c1-13(14-8-4-3-5-9-14)19-17(22)12-23-18-20-15-10-6-7-11-16(15)21(18)2/h3-11,13H,12H2,1-2H3,(H,19,22)/t13-/m1/s1. The van der Waals surface area contributed by atoms with Crippen molar-refractivity contribution in [1.29, 1.82) is 0 Å². The van der Waals surface area contributed by atoms with Gasteiger partial charge >= 0.3 is 0 Å². The first-order valence-electron chi connectivity index (χ1n) is 7.53. The van der Waals surface area contributed by atoms with Crippen molar-refractivity contribution in [3.63, 3.8) is 0 Å². The molecule has 0 unspecified atom stereocenters. The molecular formula is C18H19N3OS. The maximum Gasteiger partial charge on any atom is 0.230 e. The Morgan fingerprint density at radius 3 is 2.61 bits per heavy atom. The fraction of sp³-hybridized carbons (Fsp3) is 0.222. The molecule has 0 bridgehead atoms. The van der Waals surface area contributed by atoms with Crippen LogP contribution >= 0.6 is 11.8 Å². The van der Waals surface area contributed by atoms with Gasteiger partial charge in [0, 0.05) is 7.05 Å². The molecule has 0 aliphatic carbocycles. The van der Waals surface area contributed by atoms with Crippen LogP contribution in [0.5, 0.6) is 0 Å². The lowest BCUT2D eigenvalue weighted by Gasteiger charge is -2.14. The monoisotopic (exact) mass is 325 g/mol. The van der Waals surface area contributed by atoms with E-state index < -0.39 is 0 Å². The second kappa shape index (κ2) is 6.87. The molecule has 118 valence electrons. The first kappa shape index (κ1) is 15.6. The molecule has 0 fully saturated rings. The third-order valence-corrected chi connectivity index (χ3v) is 4.79. The molecule has 1 amide bonds. The van der Waals surface area contributed by atoms with Crippen molar-refractivity contribution in [3.8, 4) is 0 Å². The summed E-state index contributed by atoms with van der Waals surface area (Å²) in [4.78, 5) is 16.7. The maximum absolute atomic E-state index is 12.2. The van der Waals surface area contributed by atoms with Gasteiger partial charge in [-0.1, -0.05) is 54.2 Å². The summed E-state index contributed by atoms with van der Waals surface area (Å²) in [5.41, 5.74) is 3.14. The van der Waals surface area contributed by atoms with Crippen LogP contribution in [0.4, 0.5) is 0 Å². The fourth-order valence-electron chi connectivity index (χ4n) is 2.49. The Hall–Kier alpha value is -2.27. The van der Waals surface area contributed by atoms with E-state index >= 15 is 0 Å². The molecule has 3 rings (SSSR count). The van der Waals surface area contributed by atoms with Crippen LogP contribution in [0.15, 0.2) is 59.8 Å². The van der Waals surface area contributed by atoms with Gasteiger partial charge in [-0.05, 0) is 24.6 Å². The molecule has 1 N–H and O–H groups in total. The average molecular weight is 325 g/mol. The van der Waals surface area contributed by atoms with E-state index in [1.807, 2.05) is 73.1 Å². The highest BCUT2D eigenvalue weighted by Crippen LogP contribution is 2.22. The highest BCUT2D eigenvalue weighted by Gasteiger charge is 2.12. The molecule has 23 heavy (non-hydrogen) atoms. The number of imidazole rings is 1. The number of thioether (sulfide) groups is 1. The number of amides is 1. The van der Waals surface area contributed by atoms with Gasteiger partial charge in [-0.2, -0.15) is 0 Å². The summed E-state index contributed by atoms with van der Waals surface area (Å²) < 4.78 is 2.02. The van der Waals surface area contributed by atoms with Crippen LogP contribution in [-0.4, -0.2) is 21.2 Å². The van der Waals surface area contributed by atoms with Gasteiger partial charge < -0.3 is 9.88 Å². The molecule has 3 aromatic rings. The molecule has 0 saturated carbocycles. The predicted molar refractivity (Wildman–Crippen MR) is 94.4 cm³/mol. The summed E-state index contributed by atoms with van der Waals surface area (Å²) in [7, 11) is 1.97. The highest BCUT2D eigenvalue weighted by atomic mass is 32.2. The van der Waals surface area contributed by atoms with Crippen LogP contribution in [0.1, 0.15) is 18.5 Å². The number of benzene rings is 2. The number of nitrogens with zero attached hydrogens (tertiary/aromatic N) is 2. The van der Waals surface area contributed by atoms with Crippen LogP contribution in [0, 0.1) is 0 Å². The summed E-state index contributed by atoms with van der Waals surface area (Å²) in [6.45, 7) is 1.99. The normalized spacial score (nSPS) is 12.3. The second-order valence-electron chi connectivity index (χ2n) is 5.43. The number of hydrogen-bond donors (Lipinski definition) is 1. The van der Waals surface area contributed by atoms with Crippen molar-refractivity contribution >= 4 is 28.7 Å². The Bertz CT molecular complexity index is 814. The predicted octanol–water partition coefficient (Wildman–Crippen LogP) is 3.54. The Morgan fingerprint density at radius 1 is 1.17 bits per heavy atom. The topological polar surface area (TPSA) is 46.9 Å². The molecule has 0 aliphatic heterocycles. The summed E-state index contributed by atoms with van der Waals surface area (Å²) >= 11 is 1.46. The SMILES string of the molecule is C[C@@H](NC(=O)CSc1nc2ccccc2n1C)c1ccccc1. The molecule has 1 atom stereocenters. The first-order valence-corrected chi connectivity index (χ1v) is 8.52. The Morgan fingerprint density at radius 2 is 1.87 bits per heavy atom. The minimum Gasteiger partial charge on any atom is -0.349 e. The smallest absolute Gasteiger partial charge is 0.230 e. The molecule has 0 saturated heterocycles. The zero-order chi connectivity index (χ0) is 16.2. The minimum atomic E-state index is 0.00439. The quantitative estimate of drug-likeness (QED) is 0.730. The number of hydrogen-bond acceptors (Lipinski definition) is 3.